The molecule has 1 heterocycles. The Morgan fingerprint density at radius 2 is 1.72 bits per heavy atom. The summed E-state index contributed by atoms with van der Waals surface area (Å²) in [6.45, 7) is 0.624. The largest absolute Gasteiger partial charge is 0.502 e. The molecule has 0 N–H and O–H groups in total. The minimum absolute atomic E-state index is 0.0828. The summed E-state index contributed by atoms with van der Waals surface area (Å²) in [6.07, 6.45) is -5.03. The maximum atomic E-state index is 13.1. The molecule has 0 radical (unpaired) electrons. The van der Waals surface area contributed by atoms with Crippen molar-refractivity contribution in [2.45, 2.75) is 23.5 Å². The van der Waals surface area contributed by atoms with E-state index in [9.17, 15) is 39.6 Å². The molecule has 0 spiro atoms. The second-order valence-corrected chi connectivity index (χ2v) is 7.97. The molecule has 2 aromatic rings. The summed E-state index contributed by atoms with van der Waals surface area (Å²) in [7, 11) is -6.28. The number of hydrogen-bond acceptors (Lipinski definition) is 5. The molecule has 0 aliphatic carbocycles. The Hall–Kier alpha value is -2.30. The Bertz CT molecular complexity index is 1160. The molecule has 156 valence electrons. The second-order valence-electron chi connectivity index (χ2n) is 5.31. The van der Waals surface area contributed by atoms with Gasteiger partial charge in [0, 0.05) is 6.92 Å². The smallest absolute Gasteiger partial charge is 0.293 e. The highest BCUT2D eigenvalue weighted by atomic mass is 35.5. The zero-order valence-corrected chi connectivity index (χ0v) is 16.0. The Labute approximate surface area is 168 Å². The van der Waals surface area contributed by atoms with Gasteiger partial charge in [0.2, 0.25) is 0 Å². The minimum Gasteiger partial charge on any atom is -0.293 e. The maximum absolute atomic E-state index is 13.1. The number of nitriles is 1. The van der Waals surface area contributed by atoms with E-state index < -0.39 is 64.9 Å². The van der Waals surface area contributed by atoms with Gasteiger partial charge in [-0.1, -0.05) is 23.2 Å². The lowest BCUT2D eigenvalue weighted by Gasteiger charge is -2.15. The lowest BCUT2D eigenvalue weighted by Crippen LogP contribution is -2.25. The van der Waals surface area contributed by atoms with Crippen molar-refractivity contribution in [2.75, 3.05) is 0 Å². The van der Waals surface area contributed by atoms with E-state index in [1.165, 1.54) is 0 Å². The number of halogens is 8. The molecule has 1 aromatic heterocycles. The molecule has 1 aromatic carbocycles. The van der Waals surface area contributed by atoms with Gasteiger partial charge in [-0.3, -0.25) is 4.79 Å². The topological polar surface area (TPSA) is 92.8 Å². The van der Waals surface area contributed by atoms with Crippen LogP contribution in [-0.2, 0) is 16.0 Å². The minimum atomic E-state index is -6.28. The maximum Gasteiger partial charge on any atom is 0.502 e. The van der Waals surface area contributed by atoms with Crippen LogP contribution in [0.5, 0.6) is 0 Å². The van der Waals surface area contributed by atoms with Gasteiger partial charge in [0.05, 0.1) is 15.6 Å². The average Bonchev–Trinajstić information content (AvgIpc) is 2.92. The fourth-order valence-corrected chi connectivity index (χ4v) is 3.97. The molecule has 0 atom stereocenters. The zero-order chi connectivity index (χ0) is 22.5. The van der Waals surface area contributed by atoms with E-state index in [0.717, 1.165) is 6.07 Å². The normalized spacial score (nSPS) is 12.7. The number of sulfone groups is 1. The number of carbonyl (C=O) groups is 1. The van der Waals surface area contributed by atoms with Crippen molar-refractivity contribution in [1.82, 2.24) is 9.78 Å². The lowest BCUT2D eigenvalue weighted by molar-refractivity contribution is -0.137. The Morgan fingerprint density at radius 3 is 2.14 bits per heavy atom. The number of aromatic nitrogens is 2. The third-order valence-electron chi connectivity index (χ3n) is 3.44. The number of hydrogen-bond donors (Lipinski definition) is 0. The molecular weight excluding hydrogens is 475 g/mol. The van der Waals surface area contributed by atoms with E-state index in [0.29, 0.717) is 19.1 Å². The fraction of sp³-hybridized carbons (Fsp3) is 0.214. The van der Waals surface area contributed by atoms with Crippen LogP contribution in [0.25, 0.3) is 5.69 Å². The molecule has 2 rings (SSSR count). The molecule has 0 amide bonds. The lowest BCUT2D eigenvalue weighted by atomic mass is 10.2. The Balaban J connectivity index is 3.07. The van der Waals surface area contributed by atoms with Crippen molar-refractivity contribution in [3.05, 3.63) is 39.1 Å². The number of ketones is 1. The van der Waals surface area contributed by atoms with Crippen molar-refractivity contribution < 1.29 is 39.6 Å². The monoisotopic (exact) mass is 479 g/mol. The summed E-state index contributed by atoms with van der Waals surface area (Å²) >= 11 is 11.5. The van der Waals surface area contributed by atoms with Gasteiger partial charge in [-0.2, -0.15) is 36.7 Å². The standard InChI is InChI=1S/C14H5Cl2F6N3O3S/c1-5(26)10-12(29(27,28)14(20,21)22)8(4-23)24-25(10)11-7(15)3-2-6(9(11)16)13(17,18)19/h2-3H,1H3. The molecule has 0 aliphatic heterocycles. The van der Waals surface area contributed by atoms with Crippen LogP contribution in [0.1, 0.15) is 28.7 Å². The van der Waals surface area contributed by atoms with Gasteiger partial charge in [-0.15, -0.1) is 0 Å². The molecule has 0 bridgehead atoms. The van der Waals surface area contributed by atoms with Gasteiger partial charge in [0.15, 0.2) is 11.5 Å². The predicted molar refractivity (Wildman–Crippen MR) is 86.5 cm³/mol. The first kappa shape index (κ1) is 23.0. The number of Topliss-reactive ketones (excluding diaryl/α,β-unsaturated/α-hetero) is 1. The van der Waals surface area contributed by atoms with Gasteiger partial charge >= 0.3 is 11.7 Å². The molecule has 0 aliphatic rings. The van der Waals surface area contributed by atoms with Crippen LogP contribution in [0, 0.1) is 11.3 Å². The quantitative estimate of drug-likeness (QED) is 0.475. The van der Waals surface area contributed by atoms with Crippen LogP contribution in [0.3, 0.4) is 0 Å². The number of rotatable bonds is 3. The number of benzene rings is 1. The van der Waals surface area contributed by atoms with Crippen molar-refractivity contribution in [2.24, 2.45) is 0 Å². The van der Waals surface area contributed by atoms with E-state index in [2.05, 4.69) is 5.10 Å². The van der Waals surface area contributed by atoms with Crippen molar-refractivity contribution in [3.8, 4) is 11.8 Å². The van der Waals surface area contributed by atoms with Gasteiger partial charge in [-0.25, -0.2) is 13.1 Å². The predicted octanol–water partition coefficient (Wildman–Crippen LogP) is 4.57. The number of alkyl halides is 6. The van der Waals surface area contributed by atoms with Crippen molar-refractivity contribution in [3.63, 3.8) is 0 Å². The molecule has 0 unspecified atom stereocenters. The van der Waals surface area contributed by atoms with Crippen molar-refractivity contribution in [1.29, 1.82) is 5.26 Å². The van der Waals surface area contributed by atoms with Crippen LogP contribution in [-0.4, -0.2) is 29.5 Å². The van der Waals surface area contributed by atoms with Gasteiger partial charge < -0.3 is 0 Å². The van der Waals surface area contributed by atoms with Crippen LogP contribution < -0.4 is 0 Å². The van der Waals surface area contributed by atoms with Crippen LogP contribution in [0.2, 0.25) is 10.0 Å². The summed E-state index contributed by atoms with van der Waals surface area (Å²) in [5, 5.41) is 10.5. The zero-order valence-electron chi connectivity index (χ0n) is 13.7. The number of carbonyl (C=O) groups excluding carboxylic acids is 1. The van der Waals surface area contributed by atoms with Crippen molar-refractivity contribution >= 4 is 38.8 Å². The third kappa shape index (κ3) is 3.79. The summed E-state index contributed by atoms with van der Waals surface area (Å²) in [6, 6.07) is 2.20. The molecule has 0 saturated heterocycles. The summed E-state index contributed by atoms with van der Waals surface area (Å²) < 4.78 is 102. The Morgan fingerprint density at radius 1 is 1.17 bits per heavy atom. The molecule has 0 saturated carbocycles. The first-order valence-electron chi connectivity index (χ1n) is 6.96. The van der Waals surface area contributed by atoms with Gasteiger partial charge in [-0.05, 0) is 12.1 Å². The fourth-order valence-electron chi connectivity index (χ4n) is 2.27. The highest BCUT2D eigenvalue weighted by molar-refractivity contribution is 7.92. The molecule has 6 nitrogen and oxygen atoms in total. The average molecular weight is 480 g/mol. The summed E-state index contributed by atoms with van der Waals surface area (Å²) in [4.78, 5) is 10.1. The molecular formula is C14H5Cl2F6N3O3S. The van der Waals surface area contributed by atoms with Crippen LogP contribution in [0.15, 0.2) is 17.0 Å². The molecule has 15 heteroatoms. The van der Waals surface area contributed by atoms with Gasteiger partial charge in [0.25, 0.3) is 9.84 Å². The first-order valence-corrected chi connectivity index (χ1v) is 9.20. The summed E-state index contributed by atoms with van der Waals surface area (Å²) in [5.41, 5.74) is -11.0. The molecule has 0 fully saturated rings. The van der Waals surface area contributed by atoms with E-state index in [1.807, 2.05) is 0 Å². The van der Waals surface area contributed by atoms with E-state index in [1.54, 1.807) is 0 Å². The van der Waals surface area contributed by atoms with E-state index in [-0.39, 0.29) is 4.68 Å². The third-order valence-corrected chi connectivity index (χ3v) is 5.66. The first-order chi connectivity index (χ1) is 13.1. The molecule has 29 heavy (non-hydrogen) atoms. The highest BCUT2D eigenvalue weighted by Crippen LogP contribution is 2.42. The highest BCUT2D eigenvalue weighted by Gasteiger charge is 2.51. The van der Waals surface area contributed by atoms with Crippen LogP contribution in [0.4, 0.5) is 26.3 Å². The van der Waals surface area contributed by atoms with Gasteiger partial charge in [0.1, 0.15) is 22.3 Å². The van der Waals surface area contributed by atoms with Crippen LogP contribution >= 0.6 is 23.2 Å². The SMILES string of the molecule is CC(=O)c1c(S(=O)(=O)C(F)(F)F)c(C#N)nn1-c1c(Cl)ccc(C(F)(F)F)c1Cl. The Kier molecular flexibility index (Phi) is 5.70. The summed E-state index contributed by atoms with van der Waals surface area (Å²) in [5.74, 6) is -1.36. The number of nitrogens with zero attached hydrogens (tertiary/aromatic N) is 3. The van der Waals surface area contributed by atoms with E-state index in [4.69, 9.17) is 28.5 Å². The second kappa shape index (κ2) is 7.19. The van der Waals surface area contributed by atoms with E-state index >= 15 is 0 Å².